The van der Waals surface area contributed by atoms with Crippen molar-refractivity contribution in [2.24, 2.45) is 10.8 Å². The Morgan fingerprint density at radius 3 is 2.16 bits per heavy atom. The molecule has 4 saturated heterocycles. The van der Waals surface area contributed by atoms with Gasteiger partial charge in [0.1, 0.15) is 11.9 Å². The molecule has 1 aromatic heterocycles. The van der Waals surface area contributed by atoms with Crippen molar-refractivity contribution in [1.82, 2.24) is 14.8 Å². The monoisotopic (exact) mass is 335 g/mol. The molecule has 0 atom stereocenters. The summed E-state index contributed by atoms with van der Waals surface area (Å²) in [4.78, 5) is 23.3. The molecule has 2 aromatic rings. The molecule has 5 heterocycles. The fraction of sp³-hybridized carbons (Fsp3) is 0.524. The third-order valence-corrected chi connectivity index (χ3v) is 6.92. The average molecular weight is 335 g/mol. The van der Waals surface area contributed by atoms with E-state index in [9.17, 15) is 4.79 Å². The van der Waals surface area contributed by atoms with Crippen molar-refractivity contribution in [3.63, 3.8) is 0 Å². The molecule has 1 aromatic carbocycles. The molecule has 4 fully saturated rings. The number of rotatable bonds is 3. The number of hydrogen-bond donors (Lipinski definition) is 0. The molecule has 6 rings (SSSR count). The minimum Gasteiger partial charge on any atom is -0.298 e. The van der Waals surface area contributed by atoms with Gasteiger partial charge in [0, 0.05) is 31.6 Å². The number of benzene rings is 1. The summed E-state index contributed by atoms with van der Waals surface area (Å²) in [6, 6.07) is 12.7. The summed E-state index contributed by atoms with van der Waals surface area (Å²) < 4.78 is 0. The zero-order chi connectivity index (χ0) is 17.2. The van der Waals surface area contributed by atoms with Crippen LogP contribution in [0.2, 0.25) is 0 Å². The SMILES string of the molecule is CCC12CN3CC(CC)(CN(C1)C3c1ccc3ccccc3n1)C2=O. The highest BCUT2D eigenvalue weighted by Crippen LogP contribution is 2.54. The summed E-state index contributed by atoms with van der Waals surface area (Å²) in [5.41, 5.74) is 1.85. The van der Waals surface area contributed by atoms with Gasteiger partial charge in [-0.2, -0.15) is 0 Å². The largest absolute Gasteiger partial charge is 0.298 e. The molecule has 0 saturated carbocycles. The lowest BCUT2D eigenvalue weighted by atomic mass is 9.58. The molecule has 4 bridgehead atoms. The van der Waals surface area contributed by atoms with Gasteiger partial charge < -0.3 is 0 Å². The van der Waals surface area contributed by atoms with E-state index in [1.807, 2.05) is 6.07 Å². The number of Topliss-reactive ketones (excluding diaryl/α,β-unsaturated/α-hetero) is 1. The molecule has 25 heavy (non-hydrogen) atoms. The smallest absolute Gasteiger partial charge is 0.150 e. The van der Waals surface area contributed by atoms with E-state index in [1.165, 1.54) is 5.39 Å². The van der Waals surface area contributed by atoms with Crippen LogP contribution in [0.15, 0.2) is 36.4 Å². The van der Waals surface area contributed by atoms with Crippen LogP contribution >= 0.6 is 0 Å². The van der Waals surface area contributed by atoms with E-state index in [-0.39, 0.29) is 17.0 Å². The summed E-state index contributed by atoms with van der Waals surface area (Å²) in [5, 5.41) is 1.19. The van der Waals surface area contributed by atoms with Crippen molar-refractivity contribution in [3.05, 3.63) is 42.1 Å². The number of piperidine rings is 2. The molecule has 0 aliphatic carbocycles. The Balaban J connectivity index is 1.58. The first-order chi connectivity index (χ1) is 12.1. The Morgan fingerprint density at radius 1 is 0.960 bits per heavy atom. The quantitative estimate of drug-likeness (QED) is 0.863. The Labute approximate surface area is 148 Å². The van der Waals surface area contributed by atoms with Crippen LogP contribution in [0, 0.1) is 10.8 Å². The zero-order valence-corrected chi connectivity index (χ0v) is 15.0. The standard InChI is InChI=1S/C21H25N3O/c1-3-20-11-23-13-21(4-2,19(20)25)14-24(12-20)18(23)17-10-9-15-7-5-6-8-16(15)22-17/h5-10,18H,3-4,11-14H2,1-2H3. The van der Waals surface area contributed by atoms with Gasteiger partial charge in [0.15, 0.2) is 0 Å². The number of carbonyl (C=O) groups is 1. The van der Waals surface area contributed by atoms with Crippen molar-refractivity contribution in [3.8, 4) is 0 Å². The molecule has 0 spiro atoms. The van der Waals surface area contributed by atoms with Crippen molar-refractivity contribution >= 4 is 16.7 Å². The van der Waals surface area contributed by atoms with Crippen LogP contribution in [0.4, 0.5) is 0 Å². The molecular weight excluding hydrogens is 310 g/mol. The molecule has 4 aliphatic heterocycles. The topological polar surface area (TPSA) is 36.4 Å². The maximum absolute atomic E-state index is 13.2. The first-order valence-corrected chi connectivity index (χ1v) is 9.49. The molecule has 4 aliphatic rings. The van der Waals surface area contributed by atoms with Crippen molar-refractivity contribution in [2.45, 2.75) is 32.9 Å². The van der Waals surface area contributed by atoms with Crippen LogP contribution in [0.5, 0.6) is 0 Å². The van der Waals surface area contributed by atoms with Crippen LogP contribution in [0.1, 0.15) is 38.5 Å². The van der Waals surface area contributed by atoms with Crippen molar-refractivity contribution in [1.29, 1.82) is 0 Å². The van der Waals surface area contributed by atoms with Gasteiger partial charge in [-0.25, -0.2) is 4.98 Å². The van der Waals surface area contributed by atoms with Gasteiger partial charge in [0.05, 0.1) is 22.0 Å². The highest BCUT2D eigenvalue weighted by Gasteiger charge is 2.64. The lowest BCUT2D eigenvalue weighted by Crippen LogP contribution is -2.76. The van der Waals surface area contributed by atoms with E-state index in [0.29, 0.717) is 5.78 Å². The number of pyridine rings is 1. The fourth-order valence-corrected chi connectivity index (χ4v) is 5.56. The Hall–Kier alpha value is -1.78. The zero-order valence-electron chi connectivity index (χ0n) is 15.0. The molecule has 130 valence electrons. The van der Waals surface area contributed by atoms with Crippen LogP contribution in [0.3, 0.4) is 0 Å². The summed E-state index contributed by atoms with van der Waals surface area (Å²) in [6.45, 7) is 7.92. The summed E-state index contributed by atoms with van der Waals surface area (Å²) >= 11 is 0. The first kappa shape index (κ1) is 15.5. The van der Waals surface area contributed by atoms with Crippen molar-refractivity contribution in [2.75, 3.05) is 26.2 Å². The molecule has 0 amide bonds. The van der Waals surface area contributed by atoms with Crippen molar-refractivity contribution < 1.29 is 4.79 Å². The number of hydrogen-bond acceptors (Lipinski definition) is 4. The second kappa shape index (κ2) is 5.12. The van der Waals surface area contributed by atoms with Gasteiger partial charge in [-0.15, -0.1) is 0 Å². The molecule has 0 unspecified atom stereocenters. The Kier molecular flexibility index (Phi) is 3.17. The molecular formula is C21H25N3O. The van der Waals surface area contributed by atoms with Gasteiger partial charge in [-0.05, 0) is 25.0 Å². The highest BCUT2D eigenvalue weighted by molar-refractivity contribution is 5.93. The lowest BCUT2D eigenvalue weighted by Gasteiger charge is -2.66. The van der Waals surface area contributed by atoms with Crippen LogP contribution < -0.4 is 0 Å². The van der Waals surface area contributed by atoms with Crippen LogP contribution in [-0.4, -0.2) is 46.7 Å². The Bertz CT molecular complexity index is 819. The lowest BCUT2D eigenvalue weighted by molar-refractivity contribution is -0.204. The molecule has 4 heteroatoms. The molecule has 4 nitrogen and oxygen atoms in total. The predicted molar refractivity (Wildman–Crippen MR) is 98.1 cm³/mol. The highest BCUT2D eigenvalue weighted by atomic mass is 16.1. The van der Waals surface area contributed by atoms with Gasteiger partial charge in [0.25, 0.3) is 0 Å². The third kappa shape index (κ3) is 1.95. The van der Waals surface area contributed by atoms with Gasteiger partial charge in [0.2, 0.25) is 0 Å². The minimum absolute atomic E-state index is 0.167. The normalized spacial score (nSPS) is 39.3. The molecule has 0 radical (unpaired) electrons. The number of fused-ring (bicyclic) bond motifs is 1. The van der Waals surface area contributed by atoms with Gasteiger partial charge in [-0.3, -0.25) is 14.6 Å². The second-order valence-electron chi connectivity index (χ2n) is 8.21. The first-order valence-electron chi connectivity index (χ1n) is 9.49. The van der Waals surface area contributed by atoms with Crippen LogP contribution in [0.25, 0.3) is 10.9 Å². The maximum atomic E-state index is 13.2. The van der Waals surface area contributed by atoms with Gasteiger partial charge in [-0.1, -0.05) is 38.1 Å². The summed E-state index contributed by atoms with van der Waals surface area (Å²) in [7, 11) is 0. The summed E-state index contributed by atoms with van der Waals surface area (Å²) in [5.74, 6) is 0.530. The molecule has 0 N–H and O–H groups in total. The van der Waals surface area contributed by atoms with E-state index in [4.69, 9.17) is 4.98 Å². The minimum atomic E-state index is -0.167. The Morgan fingerprint density at radius 2 is 1.56 bits per heavy atom. The van der Waals surface area contributed by atoms with E-state index >= 15 is 0 Å². The number of nitrogens with zero attached hydrogens (tertiary/aromatic N) is 3. The van der Waals surface area contributed by atoms with E-state index < -0.39 is 0 Å². The van der Waals surface area contributed by atoms with E-state index in [1.54, 1.807) is 0 Å². The number of para-hydroxylation sites is 1. The van der Waals surface area contributed by atoms with Crippen LogP contribution in [-0.2, 0) is 4.79 Å². The number of carbonyl (C=O) groups excluding carboxylic acids is 1. The van der Waals surface area contributed by atoms with Gasteiger partial charge >= 0.3 is 0 Å². The fourth-order valence-electron chi connectivity index (χ4n) is 5.56. The third-order valence-electron chi connectivity index (χ3n) is 6.92. The number of aromatic nitrogens is 1. The predicted octanol–water partition coefficient (Wildman–Crippen LogP) is 3.24. The maximum Gasteiger partial charge on any atom is 0.150 e. The number of ketones is 1. The van der Waals surface area contributed by atoms with E-state index in [2.05, 4.69) is 54.0 Å². The summed E-state index contributed by atoms with van der Waals surface area (Å²) in [6.07, 6.45) is 2.11. The second-order valence-corrected chi connectivity index (χ2v) is 8.21. The van der Waals surface area contributed by atoms with E-state index in [0.717, 1.165) is 50.2 Å². The average Bonchev–Trinajstić information content (AvgIpc) is 2.64.